The lowest BCUT2D eigenvalue weighted by molar-refractivity contribution is 0.415. The van der Waals surface area contributed by atoms with E-state index in [-0.39, 0.29) is 0 Å². The third-order valence-corrected chi connectivity index (χ3v) is 4.36. The Labute approximate surface area is 125 Å². The van der Waals surface area contributed by atoms with E-state index in [1.54, 1.807) is 18.4 Å². The summed E-state index contributed by atoms with van der Waals surface area (Å²) in [7, 11) is 1.71. The Bertz CT molecular complexity index is 539. The van der Waals surface area contributed by atoms with Crippen LogP contribution in [0.25, 0.3) is 0 Å². The van der Waals surface area contributed by atoms with Gasteiger partial charge in [0.15, 0.2) is 0 Å². The fourth-order valence-corrected chi connectivity index (χ4v) is 3.07. The molecule has 0 saturated heterocycles. The van der Waals surface area contributed by atoms with E-state index in [9.17, 15) is 0 Å². The Kier molecular flexibility index (Phi) is 5.56. The van der Waals surface area contributed by atoms with E-state index < -0.39 is 0 Å². The van der Waals surface area contributed by atoms with Crippen LogP contribution in [0.2, 0.25) is 0 Å². The normalized spacial score (nSPS) is 12.3. The first kappa shape index (κ1) is 15.0. The molecule has 1 unspecified atom stereocenters. The highest BCUT2D eigenvalue weighted by Crippen LogP contribution is 2.29. The summed E-state index contributed by atoms with van der Waals surface area (Å²) in [5.74, 6) is 0.936. The van der Waals surface area contributed by atoms with Crippen molar-refractivity contribution in [3.05, 3.63) is 45.9 Å². The highest BCUT2D eigenvalue weighted by atomic mass is 32.1. The highest BCUT2D eigenvalue weighted by molar-refractivity contribution is 7.10. The van der Waals surface area contributed by atoms with E-state index in [4.69, 9.17) is 4.74 Å². The monoisotopic (exact) mass is 290 g/mol. The first-order valence-electron chi connectivity index (χ1n) is 7.01. The predicted molar refractivity (Wildman–Crippen MR) is 84.6 cm³/mol. The van der Waals surface area contributed by atoms with Crippen molar-refractivity contribution >= 4 is 11.3 Å². The maximum Gasteiger partial charge on any atom is 0.129 e. The van der Waals surface area contributed by atoms with Gasteiger partial charge in [-0.3, -0.25) is 4.98 Å². The van der Waals surface area contributed by atoms with Crippen LogP contribution in [0.1, 0.15) is 35.5 Å². The molecule has 0 saturated carbocycles. The average molecular weight is 290 g/mol. The number of rotatable bonds is 7. The van der Waals surface area contributed by atoms with Crippen molar-refractivity contribution in [2.45, 2.75) is 32.7 Å². The summed E-state index contributed by atoms with van der Waals surface area (Å²) in [6.07, 6.45) is 3.91. The lowest BCUT2D eigenvalue weighted by Gasteiger charge is -2.17. The molecule has 0 aliphatic rings. The molecule has 0 amide bonds. The highest BCUT2D eigenvalue weighted by Gasteiger charge is 2.16. The summed E-state index contributed by atoms with van der Waals surface area (Å²) in [5.41, 5.74) is 2.41. The fraction of sp³-hybridized carbons (Fsp3) is 0.438. The van der Waals surface area contributed by atoms with Crippen molar-refractivity contribution in [3.8, 4) is 5.75 Å². The van der Waals surface area contributed by atoms with Gasteiger partial charge in [0.05, 0.1) is 7.11 Å². The number of nitrogens with one attached hydrogen (secondary N) is 1. The summed E-state index contributed by atoms with van der Waals surface area (Å²) in [4.78, 5) is 5.82. The van der Waals surface area contributed by atoms with Gasteiger partial charge in [-0.05, 0) is 37.6 Å². The van der Waals surface area contributed by atoms with Gasteiger partial charge in [0.2, 0.25) is 0 Å². The number of pyridine rings is 1. The molecule has 3 nitrogen and oxygen atoms in total. The molecule has 2 aromatic rings. The number of hydrogen-bond donors (Lipinski definition) is 1. The lowest BCUT2D eigenvalue weighted by atomic mass is 10.1. The Morgan fingerprint density at radius 1 is 1.45 bits per heavy atom. The van der Waals surface area contributed by atoms with Crippen LogP contribution in [0.15, 0.2) is 29.8 Å². The van der Waals surface area contributed by atoms with Gasteiger partial charge in [0.1, 0.15) is 5.75 Å². The first-order valence-corrected chi connectivity index (χ1v) is 7.88. The molecule has 108 valence electrons. The summed E-state index contributed by atoms with van der Waals surface area (Å²) in [5, 5.41) is 5.67. The Hall–Kier alpha value is -1.39. The molecular formula is C16H22N2OS. The van der Waals surface area contributed by atoms with Gasteiger partial charge in [0, 0.05) is 34.6 Å². The van der Waals surface area contributed by atoms with E-state index in [0.717, 1.165) is 30.8 Å². The molecular weight excluding hydrogens is 268 g/mol. The van der Waals surface area contributed by atoms with Crippen LogP contribution in [0.5, 0.6) is 5.75 Å². The van der Waals surface area contributed by atoms with Crippen molar-refractivity contribution < 1.29 is 4.74 Å². The largest absolute Gasteiger partial charge is 0.496 e. The number of thiophene rings is 1. The second-order valence-corrected chi connectivity index (χ2v) is 5.81. The Balaban J connectivity index is 2.17. The number of nitrogens with zero attached hydrogens (tertiary/aromatic N) is 1. The van der Waals surface area contributed by atoms with E-state index in [1.165, 1.54) is 10.4 Å². The zero-order valence-electron chi connectivity index (χ0n) is 12.3. The van der Waals surface area contributed by atoms with Crippen LogP contribution in [-0.4, -0.2) is 18.6 Å². The molecule has 0 radical (unpaired) electrons. The molecule has 0 aliphatic heterocycles. The smallest absolute Gasteiger partial charge is 0.129 e. The van der Waals surface area contributed by atoms with Crippen molar-refractivity contribution in [2.24, 2.45) is 0 Å². The molecule has 2 aromatic heterocycles. The molecule has 1 N–H and O–H groups in total. The van der Waals surface area contributed by atoms with Gasteiger partial charge >= 0.3 is 0 Å². The standard InChI is InChI=1S/C16H22N2OS/c1-4-7-17-15(16-9-13(19-3)11-20-16)10-14-12(2)6-5-8-18-14/h5-6,8-9,11,15,17H,4,7,10H2,1-3H3. The summed E-state index contributed by atoms with van der Waals surface area (Å²) in [6, 6.07) is 6.53. The molecule has 4 heteroatoms. The molecule has 0 fully saturated rings. The third kappa shape index (κ3) is 3.81. The van der Waals surface area contributed by atoms with Crippen LogP contribution < -0.4 is 10.1 Å². The SMILES string of the molecule is CCCNC(Cc1ncccc1C)c1cc(OC)cs1. The van der Waals surface area contributed by atoms with Gasteiger partial charge in [0.25, 0.3) is 0 Å². The second kappa shape index (κ2) is 7.41. The average Bonchev–Trinajstić information content (AvgIpc) is 2.94. The maximum absolute atomic E-state index is 5.29. The maximum atomic E-state index is 5.29. The Morgan fingerprint density at radius 2 is 2.30 bits per heavy atom. The van der Waals surface area contributed by atoms with Crippen LogP contribution in [0, 0.1) is 6.92 Å². The van der Waals surface area contributed by atoms with E-state index in [2.05, 4.69) is 41.7 Å². The van der Waals surface area contributed by atoms with Gasteiger partial charge in [-0.1, -0.05) is 13.0 Å². The molecule has 1 atom stereocenters. The zero-order valence-corrected chi connectivity index (χ0v) is 13.2. The predicted octanol–water partition coefficient (Wildman–Crippen LogP) is 3.74. The fourth-order valence-electron chi connectivity index (χ4n) is 2.14. The number of hydrogen-bond acceptors (Lipinski definition) is 4. The van der Waals surface area contributed by atoms with Crippen molar-refractivity contribution in [1.29, 1.82) is 0 Å². The van der Waals surface area contributed by atoms with Crippen molar-refractivity contribution in [1.82, 2.24) is 10.3 Å². The van der Waals surface area contributed by atoms with Crippen LogP contribution in [0.3, 0.4) is 0 Å². The topological polar surface area (TPSA) is 34.2 Å². The van der Waals surface area contributed by atoms with E-state index in [0.29, 0.717) is 6.04 Å². The molecule has 0 aromatic carbocycles. The van der Waals surface area contributed by atoms with Crippen molar-refractivity contribution in [2.75, 3.05) is 13.7 Å². The van der Waals surface area contributed by atoms with Gasteiger partial charge in [-0.15, -0.1) is 11.3 Å². The minimum Gasteiger partial charge on any atom is -0.496 e. The minimum atomic E-state index is 0.303. The lowest BCUT2D eigenvalue weighted by Crippen LogP contribution is -2.24. The van der Waals surface area contributed by atoms with Gasteiger partial charge in [-0.25, -0.2) is 0 Å². The molecule has 0 spiro atoms. The van der Waals surface area contributed by atoms with Gasteiger partial charge in [-0.2, -0.15) is 0 Å². The number of ether oxygens (including phenoxy) is 1. The van der Waals surface area contributed by atoms with E-state index in [1.807, 2.05) is 12.3 Å². The molecule has 2 rings (SSSR count). The number of methoxy groups -OCH3 is 1. The second-order valence-electron chi connectivity index (χ2n) is 4.87. The molecule has 0 bridgehead atoms. The first-order chi connectivity index (χ1) is 9.74. The van der Waals surface area contributed by atoms with Gasteiger partial charge < -0.3 is 10.1 Å². The Morgan fingerprint density at radius 3 is 2.95 bits per heavy atom. The van der Waals surface area contributed by atoms with Crippen LogP contribution in [0.4, 0.5) is 0 Å². The molecule has 0 aliphatic carbocycles. The van der Waals surface area contributed by atoms with E-state index >= 15 is 0 Å². The summed E-state index contributed by atoms with van der Waals surface area (Å²) >= 11 is 1.74. The number of aryl methyl sites for hydroxylation is 1. The summed E-state index contributed by atoms with van der Waals surface area (Å²) in [6.45, 7) is 5.32. The van der Waals surface area contributed by atoms with Crippen molar-refractivity contribution in [3.63, 3.8) is 0 Å². The zero-order chi connectivity index (χ0) is 14.4. The minimum absolute atomic E-state index is 0.303. The molecule has 20 heavy (non-hydrogen) atoms. The molecule has 2 heterocycles. The van der Waals surface area contributed by atoms with Crippen LogP contribution in [-0.2, 0) is 6.42 Å². The summed E-state index contributed by atoms with van der Waals surface area (Å²) < 4.78 is 5.29. The number of aromatic nitrogens is 1. The quantitative estimate of drug-likeness (QED) is 0.843. The third-order valence-electron chi connectivity index (χ3n) is 3.33. The van der Waals surface area contributed by atoms with Crippen LogP contribution >= 0.6 is 11.3 Å².